The van der Waals surface area contributed by atoms with E-state index < -0.39 is 0 Å². The van der Waals surface area contributed by atoms with Crippen molar-refractivity contribution in [2.45, 2.75) is 26.4 Å². The van der Waals surface area contributed by atoms with Gasteiger partial charge in [-0.15, -0.1) is 0 Å². The van der Waals surface area contributed by atoms with E-state index in [-0.39, 0.29) is 5.91 Å². The molecule has 1 N–H and O–H groups in total. The van der Waals surface area contributed by atoms with Crippen molar-refractivity contribution < 1.29 is 4.79 Å². The zero-order chi connectivity index (χ0) is 19.3. The van der Waals surface area contributed by atoms with Crippen molar-refractivity contribution in [3.05, 3.63) is 83.8 Å². The third kappa shape index (κ3) is 3.81. The second-order valence-electron chi connectivity index (χ2n) is 6.82. The maximum Gasteiger partial charge on any atom is 0.259 e. The number of para-hydroxylation sites is 1. The summed E-state index contributed by atoms with van der Waals surface area (Å²) in [5.41, 5.74) is 4.53. The Morgan fingerprint density at radius 1 is 1.18 bits per heavy atom. The normalized spacial score (nSPS) is 12.7. The highest BCUT2D eigenvalue weighted by atomic mass is 16.2. The average Bonchev–Trinajstić information content (AvgIpc) is 3.21. The lowest BCUT2D eigenvalue weighted by molar-refractivity contribution is 0.0986. The van der Waals surface area contributed by atoms with Crippen molar-refractivity contribution in [1.29, 1.82) is 0 Å². The second kappa shape index (κ2) is 8.08. The lowest BCUT2D eigenvalue weighted by Gasteiger charge is -2.23. The van der Waals surface area contributed by atoms with Gasteiger partial charge in [0.2, 0.25) is 0 Å². The fourth-order valence-corrected chi connectivity index (χ4v) is 3.33. The van der Waals surface area contributed by atoms with Gasteiger partial charge in [-0.2, -0.15) is 0 Å². The van der Waals surface area contributed by atoms with E-state index in [0.29, 0.717) is 18.7 Å². The van der Waals surface area contributed by atoms with Crippen LogP contribution in [0.25, 0.3) is 6.08 Å². The molecule has 0 radical (unpaired) electrons. The van der Waals surface area contributed by atoms with Gasteiger partial charge in [0.05, 0.1) is 42.1 Å². The highest BCUT2D eigenvalue weighted by molar-refractivity contribution is 6.05. The number of carbonyl (C=O) groups excluding carboxylic acids is 1. The summed E-state index contributed by atoms with van der Waals surface area (Å²) in [6.45, 7) is 4.20. The molecule has 0 aliphatic carbocycles. The number of nitrogens with one attached hydrogen (secondary N) is 1. The molecule has 3 aromatic rings. The lowest BCUT2D eigenvalue weighted by Crippen LogP contribution is -2.31. The number of pyridine rings is 1. The number of imidazole rings is 1. The lowest BCUT2D eigenvalue weighted by atomic mass is 10.2. The molecule has 28 heavy (non-hydrogen) atoms. The summed E-state index contributed by atoms with van der Waals surface area (Å²) < 4.78 is 0. The molecule has 3 heterocycles. The monoisotopic (exact) mass is 373 g/mol. The van der Waals surface area contributed by atoms with Gasteiger partial charge >= 0.3 is 0 Å². The molecule has 6 nitrogen and oxygen atoms in total. The SMILES string of the molecule is CCCN(C(=O)c1ccc(CN2C=Cc3nc[nH]c3C2)nc1)c1ccccc1. The van der Waals surface area contributed by atoms with Gasteiger partial charge in [-0.1, -0.05) is 25.1 Å². The number of carbonyl (C=O) groups is 1. The molecular weight excluding hydrogens is 350 g/mol. The molecule has 0 saturated heterocycles. The maximum atomic E-state index is 13.0. The number of amides is 1. The van der Waals surface area contributed by atoms with Gasteiger partial charge in [0.25, 0.3) is 5.91 Å². The minimum Gasteiger partial charge on any atom is -0.366 e. The number of aromatic amines is 1. The predicted molar refractivity (Wildman–Crippen MR) is 110 cm³/mol. The van der Waals surface area contributed by atoms with Gasteiger partial charge in [-0.3, -0.25) is 9.78 Å². The van der Waals surface area contributed by atoms with E-state index in [2.05, 4.69) is 26.8 Å². The van der Waals surface area contributed by atoms with Crippen LogP contribution in [0.15, 0.2) is 61.2 Å². The van der Waals surface area contributed by atoms with Crippen LogP contribution < -0.4 is 4.90 Å². The molecule has 6 heteroatoms. The van der Waals surface area contributed by atoms with Gasteiger partial charge in [0, 0.05) is 24.6 Å². The highest BCUT2D eigenvalue weighted by Crippen LogP contribution is 2.19. The van der Waals surface area contributed by atoms with Crippen molar-refractivity contribution in [2.75, 3.05) is 11.4 Å². The fraction of sp³-hybridized carbons (Fsp3) is 0.227. The quantitative estimate of drug-likeness (QED) is 0.713. The number of anilines is 1. The summed E-state index contributed by atoms with van der Waals surface area (Å²) >= 11 is 0. The predicted octanol–water partition coefficient (Wildman–Crippen LogP) is 3.85. The van der Waals surface area contributed by atoms with Gasteiger partial charge in [0.15, 0.2) is 0 Å². The van der Waals surface area contributed by atoms with E-state index in [9.17, 15) is 4.79 Å². The van der Waals surface area contributed by atoms with Crippen LogP contribution >= 0.6 is 0 Å². The van der Waals surface area contributed by atoms with Crippen molar-refractivity contribution in [1.82, 2.24) is 19.9 Å². The number of rotatable bonds is 6. The third-order valence-electron chi connectivity index (χ3n) is 4.75. The number of hydrogen-bond acceptors (Lipinski definition) is 4. The Labute approximate surface area is 164 Å². The molecule has 0 bridgehead atoms. The van der Waals surface area contributed by atoms with Crippen LogP contribution in [-0.4, -0.2) is 32.3 Å². The first-order chi connectivity index (χ1) is 13.7. The van der Waals surface area contributed by atoms with Gasteiger partial charge in [0.1, 0.15) is 0 Å². The first-order valence-electron chi connectivity index (χ1n) is 9.51. The summed E-state index contributed by atoms with van der Waals surface area (Å²) in [5, 5.41) is 0. The van der Waals surface area contributed by atoms with Gasteiger partial charge in [-0.05, 0) is 36.8 Å². The standard InChI is InChI=1S/C22H23N5O/c1-2-11-27(19-6-4-3-5-7-19)22(28)17-8-9-18(23-13-17)14-26-12-10-20-21(15-26)25-16-24-20/h3-10,12-13,16H,2,11,14-15H2,1H3,(H,24,25). The minimum absolute atomic E-state index is 0.0212. The Kier molecular flexibility index (Phi) is 5.19. The zero-order valence-electron chi connectivity index (χ0n) is 15.9. The first kappa shape index (κ1) is 18.0. The molecule has 1 aliphatic rings. The van der Waals surface area contributed by atoms with Gasteiger partial charge < -0.3 is 14.8 Å². The van der Waals surface area contributed by atoms with Crippen molar-refractivity contribution in [3.8, 4) is 0 Å². The molecule has 142 valence electrons. The van der Waals surface area contributed by atoms with Crippen LogP contribution in [0.4, 0.5) is 5.69 Å². The molecule has 2 aromatic heterocycles. The van der Waals surface area contributed by atoms with Crippen LogP contribution in [0.3, 0.4) is 0 Å². The van der Waals surface area contributed by atoms with E-state index in [4.69, 9.17) is 0 Å². The summed E-state index contributed by atoms with van der Waals surface area (Å²) in [6, 6.07) is 13.6. The summed E-state index contributed by atoms with van der Waals surface area (Å²) in [5.74, 6) is -0.0212. The Morgan fingerprint density at radius 2 is 2.04 bits per heavy atom. The van der Waals surface area contributed by atoms with Crippen molar-refractivity contribution in [2.24, 2.45) is 0 Å². The third-order valence-corrected chi connectivity index (χ3v) is 4.75. The van der Waals surface area contributed by atoms with E-state index in [1.807, 2.05) is 59.6 Å². The zero-order valence-corrected chi connectivity index (χ0v) is 15.9. The number of H-pyrrole nitrogens is 1. The molecule has 0 saturated carbocycles. The molecule has 1 aromatic carbocycles. The Balaban J connectivity index is 1.45. The van der Waals surface area contributed by atoms with E-state index >= 15 is 0 Å². The number of aromatic nitrogens is 3. The van der Waals surface area contributed by atoms with Crippen LogP contribution in [-0.2, 0) is 13.1 Å². The first-order valence-corrected chi connectivity index (χ1v) is 9.51. The summed E-state index contributed by atoms with van der Waals surface area (Å²) in [6.07, 6.45) is 8.31. The van der Waals surface area contributed by atoms with Crippen LogP contribution in [0.1, 0.15) is 40.8 Å². The fourth-order valence-electron chi connectivity index (χ4n) is 3.33. The highest BCUT2D eigenvalue weighted by Gasteiger charge is 2.18. The summed E-state index contributed by atoms with van der Waals surface area (Å²) in [4.78, 5) is 28.9. The average molecular weight is 373 g/mol. The Hall–Kier alpha value is -3.41. The molecule has 0 unspecified atom stereocenters. The number of hydrogen-bond donors (Lipinski definition) is 1. The van der Waals surface area contributed by atoms with E-state index in [0.717, 1.165) is 35.7 Å². The largest absolute Gasteiger partial charge is 0.366 e. The van der Waals surface area contributed by atoms with Crippen molar-refractivity contribution >= 4 is 17.7 Å². The molecule has 0 fully saturated rings. The number of nitrogens with zero attached hydrogens (tertiary/aromatic N) is 4. The number of benzene rings is 1. The second-order valence-corrected chi connectivity index (χ2v) is 6.82. The molecule has 1 amide bonds. The molecule has 0 spiro atoms. The van der Waals surface area contributed by atoms with E-state index in [1.165, 1.54) is 0 Å². The Bertz CT molecular complexity index is 962. The number of fused-ring (bicyclic) bond motifs is 1. The molecule has 4 rings (SSSR count). The maximum absolute atomic E-state index is 13.0. The van der Waals surface area contributed by atoms with Gasteiger partial charge in [-0.25, -0.2) is 4.98 Å². The topological polar surface area (TPSA) is 65.1 Å². The summed E-state index contributed by atoms with van der Waals surface area (Å²) in [7, 11) is 0. The van der Waals surface area contributed by atoms with Crippen LogP contribution in [0.5, 0.6) is 0 Å². The van der Waals surface area contributed by atoms with Crippen LogP contribution in [0, 0.1) is 0 Å². The molecule has 0 atom stereocenters. The van der Waals surface area contributed by atoms with Crippen molar-refractivity contribution in [3.63, 3.8) is 0 Å². The molecule has 1 aliphatic heterocycles. The Morgan fingerprint density at radius 3 is 2.79 bits per heavy atom. The smallest absolute Gasteiger partial charge is 0.259 e. The van der Waals surface area contributed by atoms with E-state index in [1.54, 1.807) is 12.5 Å². The molecular formula is C22H23N5O. The minimum atomic E-state index is -0.0212. The van der Waals surface area contributed by atoms with Crippen LogP contribution in [0.2, 0.25) is 0 Å².